The molecule has 2 nitrogen and oxygen atoms in total. The number of ether oxygens (including phenoxy) is 1. The van der Waals surface area contributed by atoms with Crippen LogP contribution in [-0.4, -0.2) is 28.1 Å². The highest BCUT2D eigenvalue weighted by Gasteiger charge is 2.07. The van der Waals surface area contributed by atoms with Gasteiger partial charge in [-0.15, -0.1) is 0 Å². The number of carbonyl (C=O) groups is 1. The van der Waals surface area contributed by atoms with Crippen molar-refractivity contribution in [1.82, 2.24) is 0 Å². The molecule has 4 radical (unpaired) electrons. The summed E-state index contributed by atoms with van der Waals surface area (Å²) in [5, 5.41) is 0. The Morgan fingerprint density at radius 1 is 1.00 bits per heavy atom. The lowest BCUT2D eigenvalue weighted by molar-refractivity contribution is 0.0922. The summed E-state index contributed by atoms with van der Waals surface area (Å²) in [5.74, 6) is 0.402. The SMILES string of the molecule is [B]c1ccc(C(=O)COc2ccccc2[B])cc1. The van der Waals surface area contributed by atoms with Gasteiger partial charge in [-0.25, -0.2) is 0 Å². The van der Waals surface area contributed by atoms with Gasteiger partial charge < -0.3 is 4.74 Å². The predicted molar refractivity (Wildman–Crippen MR) is 73.5 cm³/mol. The van der Waals surface area contributed by atoms with Gasteiger partial charge in [-0.1, -0.05) is 53.4 Å². The summed E-state index contributed by atoms with van der Waals surface area (Å²) in [4.78, 5) is 11.8. The summed E-state index contributed by atoms with van der Waals surface area (Å²) in [5.41, 5.74) is 1.71. The molecule has 0 atom stereocenters. The van der Waals surface area contributed by atoms with Crippen LogP contribution in [0.25, 0.3) is 0 Å². The van der Waals surface area contributed by atoms with Gasteiger partial charge in [0.25, 0.3) is 0 Å². The topological polar surface area (TPSA) is 26.3 Å². The average Bonchev–Trinajstić information content (AvgIpc) is 2.38. The standard InChI is InChI=1S/C14H10B2O2/c15-11-7-5-10(6-8-11)13(17)9-18-14-4-2-1-3-12(14)16/h1-8H,9H2. The first-order chi connectivity index (χ1) is 8.66. The zero-order valence-electron chi connectivity index (χ0n) is 9.80. The molecule has 0 bridgehead atoms. The van der Waals surface area contributed by atoms with E-state index in [0.29, 0.717) is 22.2 Å². The van der Waals surface area contributed by atoms with Crippen molar-refractivity contribution in [2.24, 2.45) is 0 Å². The minimum absolute atomic E-state index is 0.0435. The minimum Gasteiger partial charge on any atom is -0.486 e. The van der Waals surface area contributed by atoms with Crippen LogP contribution >= 0.6 is 0 Å². The second kappa shape index (κ2) is 5.58. The molecule has 0 aliphatic heterocycles. The average molecular weight is 232 g/mol. The molecule has 2 aromatic rings. The van der Waals surface area contributed by atoms with Crippen LogP contribution in [-0.2, 0) is 0 Å². The summed E-state index contributed by atoms with van der Waals surface area (Å²) in [6.45, 7) is -0.0435. The van der Waals surface area contributed by atoms with Gasteiger partial charge in [-0.2, -0.15) is 0 Å². The molecule has 0 unspecified atom stereocenters. The molecule has 0 aliphatic carbocycles. The number of hydrogen-bond donors (Lipinski definition) is 0. The third-order valence-electron chi connectivity index (χ3n) is 2.51. The Morgan fingerprint density at radius 2 is 1.67 bits per heavy atom. The Labute approximate surface area is 109 Å². The van der Waals surface area contributed by atoms with Gasteiger partial charge in [0, 0.05) is 5.56 Å². The van der Waals surface area contributed by atoms with Crippen LogP contribution in [0.3, 0.4) is 0 Å². The van der Waals surface area contributed by atoms with E-state index < -0.39 is 0 Å². The second-order valence-electron chi connectivity index (χ2n) is 3.87. The highest BCUT2D eigenvalue weighted by Crippen LogP contribution is 2.06. The van der Waals surface area contributed by atoms with Crippen molar-refractivity contribution in [2.45, 2.75) is 0 Å². The fourth-order valence-corrected chi connectivity index (χ4v) is 1.51. The van der Waals surface area contributed by atoms with Crippen molar-refractivity contribution in [3.8, 4) is 5.75 Å². The molecule has 0 spiro atoms. The van der Waals surface area contributed by atoms with Crippen molar-refractivity contribution in [2.75, 3.05) is 6.61 Å². The highest BCUT2D eigenvalue weighted by molar-refractivity contribution is 6.34. The van der Waals surface area contributed by atoms with Crippen LogP contribution in [0.2, 0.25) is 0 Å². The molecule has 2 rings (SSSR count). The van der Waals surface area contributed by atoms with E-state index in [1.807, 2.05) is 6.07 Å². The van der Waals surface area contributed by atoms with Crippen molar-refractivity contribution in [1.29, 1.82) is 0 Å². The number of Topliss-reactive ketones (excluding diaryl/α,β-unsaturated/α-hetero) is 1. The van der Waals surface area contributed by atoms with Crippen molar-refractivity contribution in [3.63, 3.8) is 0 Å². The van der Waals surface area contributed by atoms with Gasteiger partial charge in [0.2, 0.25) is 0 Å². The monoisotopic (exact) mass is 232 g/mol. The summed E-state index contributed by atoms with van der Waals surface area (Å²) in [6, 6.07) is 13.8. The summed E-state index contributed by atoms with van der Waals surface area (Å²) >= 11 is 0. The molecule has 0 aliphatic rings. The normalized spacial score (nSPS) is 10.0. The number of ketones is 1. The maximum absolute atomic E-state index is 11.8. The zero-order chi connectivity index (χ0) is 13.0. The fourth-order valence-electron chi connectivity index (χ4n) is 1.51. The molecule has 2 aromatic carbocycles. The van der Waals surface area contributed by atoms with Gasteiger partial charge in [-0.3, -0.25) is 4.79 Å². The fraction of sp³-hybridized carbons (Fsp3) is 0.0714. The lowest BCUT2D eigenvalue weighted by atomic mass is 9.94. The summed E-state index contributed by atoms with van der Waals surface area (Å²) in [6.07, 6.45) is 0. The Balaban J connectivity index is 2.01. The predicted octanol–water partition coefficient (Wildman–Crippen LogP) is 0.536. The van der Waals surface area contributed by atoms with Crippen LogP contribution < -0.4 is 15.7 Å². The molecular weight excluding hydrogens is 222 g/mol. The molecule has 0 amide bonds. The van der Waals surface area contributed by atoms with E-state index in [9.17, 15) is 4.79 Å². The number of rotatable bonds is 4. The third kappa shape index (κ3) is 3.04. The largest absolute Gasteiger partial charge is 0.486 e. The van der Waals surface area contributed by atoms with E-state index in [-0.39, 0.29) is 12.4 Å². The van der Waals surface area contributed by atoms with Gasteiger partial charge in [0.1, 0.15) is 21.4 Å². The van der Waals surface area contributed by atoms with E-state index in [1.165, 1.54) is 0 Å². The zero-order valence-corrected chi connectivity index (χ0v) is 9.80. The number of hydrogen-bond acceptors (Lipinski definition) is 2. The van der Waals surface area contributed by atoms with Crippen molar-refractivity contribution >= 4 is 32.4 Å². The Hall–Kier alpha value is -1.96. The van der Waals surface area contributed by atoms with Gasteiger partial charge in [-0.05, 0) is 6.07 Å². The van der Waals surface area contributed by atoms with E-state index >= 15 is 0 Å². The molecule has 0 heterocycles. The lowest BCUT2D eigenvalue weighted by Gasteiger charge is -2.08. The maximum atomic E-state index is 11.8. The maximum Gasteiger partial charge on any atom is 0.200 e. The quantitative estimate of drug-likeness (QED) is 0.567. The first-order valence-corrected chi connectivity index (χ1v) is 5.53. The third-order valence-corrected chi connectivity index (χ3v) is 2.51. The molecule has 84 valence electrons. The lowest BCUT2D eigenvalue weighted by Crippen LogP contribution is -2.16. The van der Waals surface area contributed by atoms with E-state index in [1.54, 1.807) is 42.5 Å². The first-order valence-electron chi connectivity index (χ1n) is 5.53. The Bertz CT molecular complexity index is 550. The molecule has 4 heteroatoms. The molecule has 0 N–H and O–H groups in total. The minimum atomic E-state index is -0.113. The van der Waals surface area contributed by atoms with Crippen molar-refractivity contribution < 1.29 is 9.53 Å². The summed E-state index contributed by atoms with van der Waals surface area (Å²) < 4.78 is 5.38. The van der Waals surface area contributed by atoms with Crippen molar-refractivity contribution in [3.05, 3.63) is 54.1 Å². The van der Waals surface area contributed by atoms with E-state index in [0.717, 1.165) is 0 Å². The Kier molecular flexibility index (Phi) is 3.88. The van der Waals surface area contributed by atoms with Crippen LogP contribution in [0, 0.1) is 0 Å². The van der Waals surface area contributed by atoms with Gasteiger partial charge in [0.15, 0.2) is 12.4 Å². The molecule has 0 fully saturated rings. The first kappa shape index (κ1) is 12.5. The molecular formula is C14H10B2O2. The number of para-hydroxylation sites is 1. The Morgan fingerprint density at radius 3 is 2.33 bits per heavy atom. The van der Waals surface area contributed by atoms with Gasteiger partial charge in [0.05, 0.1) is 0 Å². The number of carbonyl (C=O) groups excluding carboxylic acids is 1. The van der Waals surface area contributed by atoms with Crippen LogP contribution in [0.5, 0.6) is 5.75 Å². The smallest absolute Gasteiger partial charge is 0.200 e. The molecule has 0 saturated heterocycles. The molecule has 18 heavy (non-hydrogen) atoms. The van der Waals surface area contributed by atoms with Crippen LogP contribution in [0.4, 0.5) is 0 Å². The van der Waals surface area contributed by atoms with Gasteiger partial charge >= 0.3 is 0 Å². The van der Waals surface area contributed by atoms with E-state index in [2.05, 4.69) is 0 Å². The second-order valence-corrected chi connectivity index (χ2v) is 3.87. The molecule has 0 saturated carbocycles. The van der Waals surface area contributed by atoms with E-state index in [4.69, 9.17) is 20.4 Å². The highest BCUT2D eigenvalue weighted by atomic mass is 16.5. The molecule has 0 aromatic heterocycles. The van der Waals surface area contributed by atoms with Crippen LogP contribution in [0.1, 0.15) is 10.4 Å². The van der Waals surface area contributed by atoms with Crippen LogP contribution in [0.15, 0.2) is 48.5 Å². The summed E-state index contributed by atoms with van der Waals surface area (Å²) in [7, 11) is 11.3. The number of benzene rings is 2.